The van der Waals surface area contributed by atoms with E-state index in [1.165, 1.54) is 31.2 Å². The normalized spacial score (nSPS) is 31.5. The van der Waals surface area contributed by atoms with E-state index in [0.29, 0.717) is 6.10 Å². The number of nitrogens with one attached hydrogen (secondary N) is 1. The van der Waals surface area contributed by atoms with Crippen molar-refractivity contribution < 1.29 is 14.6 Å². The van der Waals surface area contributed by atoms with Crippen molar-refractivity contribution in [2.24, 2.45) is 5.92 Å². The molecule has 1 aliphatic carbocycles. The van der Waals surface area contributed by atoms with Gasteiger partial charge in [-0.05, 0) is 30.7 Å². The van der Waals surface area contributed by atoms with Crippen molar-refractivity contribution in [2.75, 3.05) is 13.2 Å². The summed E-state index contributed by atoms with van der Waals surface area (Å²) in [6, 6.07) is 10.9. The Balaban J connectivity index is 0.000000497. The molecule has 0 amide bonds. The maximum Gasteiger partial charge on any atom is 0.290 e. The lowest BCUT2D eigenvalue weighted by Crippen LogP contribution is -2.60. The van der Waals surface area contributed by atoms with E-state index in [4.69, 9.17) is 14.6 Å². The third kappa shape index (κ3) is 3.44. The third-order valence-corrected chi connectivity index (χ3v) is 4.73. The molecule has 1 aromatic rings. The molecule has 1 aromatic carbocycles. The summed E-state index contributed by atoms with van der Waals surface area (Å²) in [5.41, 5.74) is 1.48. The average Bonchev–Trinajstić information content (AvgIpc) is 2.56. The highest BCUT2D eigenvalue weighted by Gasteiger charge is 2.46. The standard InChI is InChI=1S/C16H23NO.CH2O2/c1-2-13-8-9-15-16(12-13,17-10-11-18-15)14-6-4-3-5-7-14;2-1-3/h3-7,13,15,17H,2,8-12H2,1H3;1H,(H,2,3). The number of morpholine rings is 1. The van der Waals surface area contributed by atoms with Crippen LogP contribution in [0.25, 0.3) is 0 Å². The van der Waals surface area contributed by atoms with E-state index in [1.54, 1.807) is 0 Å². The van der Waals surface area contributed by atoms with Crippen molar-refractivity contribution in [3.8, 4) is 0 Å². The number of carboxylic acid groups (broad SMARTS) is 1. The summed E-state index contributed by atoms with van der Waals surface area (Å²) in [6.07, 6.45) is 5.37. The van der Waals surface area contributed by atoms with Crippen molar-refractivity contribution in [1.82, 2.24) is 5.32 Å². The second-order valence-electron chi connectivity index (χ2n) is 5.78. The maximum absolute atomic E-state index is 8.36. The molecule has 1 heterocycles. The van der Waals surface area contributed by atoms with Crippen molar-refractivity contribution in [1.29, 1.82) is 0 Å². The topological polar surface area (TPSA) is 58.6 Å². The van der Waals surface area contributed by atoms with Crippen LogP contribution in [-0.2, 0) is 15.1 Å². The highest BCUT2D eigenvalue weighted by atomic mass is 16.5. The molecule has 4 heteroatoms. The van der Waals surface area contributed by atoms with Crippen LogP contribution in [0.5, 0.6) is 0 Å². The van der Waals surface area contributed by atoms with Crippen molar-refractivity contribution in [2.45, 2.75) is 44.2 Å². The number of ether oxygens (including phenoxy) is 1. The molecule has 0 aromatic heterocycles. The number of benzene rings is 1. The Labute approximate surface area is 126 Å². The molecule has 2 aliphatic rings. The molecule has 0 radical (unpaired) electrons. The Bertz CT molecular complexity index is 437. The Kier molecular flexibility index (Phi) is 5.76. The first kappa shape index (κ1) is 16.0. The van der Waals surface area contributed by atoms with Gasteiger partial charge in [-0.1, -0.05) is 43.7 Å². The van der Waals surface area contributed by atoms with Crippen molar-refractivity contribution >= 4 is 6.47 Å². The second kappa shape index (κ2) is 7.57. The molecule has 2 fully saturated rings. The zero-order chi connectivity index (χ0) is 15.1. The van der Waals surface area contributed by atoms with Crippen LogP contribution >= 0.6 is 0 Å². The van der Waals surface area contributed by atoms with Gasteiger partial charge in [0, 0.05) is 6.54 Å². The Hall–Kier alpha value is -1.39. The Morgan fingerprint density at radius 3 is 2.76 bits per heavy atom. The molecule has 3 rings (SSSR count). The molecule has 0 spiro atoms. The molecule has 3 unspecified atom stereocenters. The lowest BCUT2D eigenvalue weighted by Gasteiger charge is -2.50. The Morgan fingerprint density at radius 2 is 2.10 bits per heavy atom. The third-order valence-electron chi connectivity index (χ3n) is 4.73. The largest absolute Gasteiger partial charge is 0.483 e. The van der Waals surface area contributed by atoms with E-state index in [2.05, 4.69) is 42.6 Å². The van der Waals surface area contributed by atoms with Crippen LogP contribution in [0.1, 0.15) is 38.2 Å². The summed E-state index contributed by atoms with van der Waals surface area (Å²) in [6.45, 7) is 3.89. The first-order chi connectivity index (χ1) is 10.3. The number of hydrogen-bond acceptors (Lipinski definition) is 3. The van der Waals surface area contributed by atoms with Crippen molar-refractivity contribution in [3.63, 3.8) is 0 Å². The van der Waals surface area contributed by atoms with Gasteiger partial charge in [0.2, 0.25) is 0 Å². The van der Waals surface area contributed by atoms with Gasteiger partial charge in [0.15, 0.2) is 0 Å². The molecular weight excluding hydrogens is 266 g/mol. The molecular formula is C17H25NO3. The molecule has 4 nitrogen and oxygen atoms in total. The lowest BCUT2D eigenvalue weighted by atomic mass is 9.68. The quantitative estimate of drug-likeness (QED) is 0.823. The van der Waals surface area contributed by atoms with E-state index >= 15 is 0 Å². The van der Waals surface area contributed by atoms with Crippen LogP contribution in [0.3, 0.4) is 0 Å². The number of carbonyl (C=O) groups is 1. The van der Waals surface area contributed by atoms with Gasteiger partial charge in [-0.3, -0.25) is 4.79 Å². The lowest BCUT2D eigenvalue weighted by molar-refractivity contribution is -0.122. The molecule has 1 saturated carbocycles. The summed E-state index contributed by atoms with van der Waals surface area (Å²) in [7, 11) is 0. The summed E-state index contributed by atoms with van der Waals surface area (Å²) in [4.78, 5) is 8.36. The van der Waals surface area contributed by atoms with Gasteiger partial charge in [-0.15, -0.1) is 0 Å². The summed E-state index contributed by atoms with van der Waals surface area (Å²) < 4.78 is 6.07. The molecule has 1 saturated heterocycles. The van der Waals surface area contributed by atoms with Gasteiger partial charge in [-0.2, -0.15) is 0 Å². The van der Waals surface area contributed by atoms with Gasteiger partial charge in [0.05, 0.1) is 18.2 Å². The van der Waals surface area contributed by atoms with Crippen molar-refractivity contribution in [3.05, 3.63) is 35.9 Å². The molecule has 21 heavy (non-hydrogen) atoms. The highest BCUT2D eigenvalue weighted by Crippen LogP contribution is 2.43. The van der Waals surface area contributed by atoms with E-state index < -0.39 is 0 Å². The fraction of sp³-hybridized carbons (Fsp3) is 0.588. The van der Waals surface area contributed by atoms with E-state index in [0.717, 1.165) is 19.1 Å². The number of hydrogen-bond donors (Lipinski definition) is 2. The van der Waals surface area contributed by atoms with Gasteiger partial charge in [0.1, 0.15) is 0 Å². The smallest absolute Gasteiger partial charge is 0.290 e. The maximum atomic E-state index is 8.36. The van der Waals surface area contributed by atoms with Crippen LogP contribution in [-0.4, -0.2) is 30.8 Å². The second-order valence-corrected chi connectivity index (χ2v) is 5.78. The van der Waals surface area contributed by atoms with Crippen LogP contribution < -0.4 is 5.32 Å². The molecule has 0 bridgehead atoms. The highest BCUT2D eigenvalue weighted by molar-refractivity contribution is 5.32. The van der Waals surface area contributed by atoms with E-state index in [-0.39, 0.29) is 12.0 Å². The average molecular weight is 291 g/mol. The summed E-state index contributed by atoms with van der Waals surface area (Å²) >= 11 is 0. The molecule has 1 aliphatic heterocycles. The summed E-state index contributed by atoms with van der Waals surface area (Å²) in [5.74, 6) is 0.829. The Morgan fingerprint density at radius 1 is 1.38 bits per heavy atom. The molecule has 116 valence electrons. The first-order valence-corrected chi connectivity index (χ1v) is 7.76. The minimum atomic E-state index is -0.250. The van der Waals surface area contributed by atoms with Gasteiger partial charge < -0.3 is 15.2 Å². The van der Waals surface area contributed by atoms with Crippen LogP contribution in [0.4, 0.5) is 0 Å². The summed E-state index contributed by atoms with van der Waals surface area (Å²) in [5, 5.41) is 10.7. The molecule has 2 N–H and O–H groups in total. The minimum absolute atomic E-state index is 0.0679. The predicted octanol–water partition coefficient (Wildman–Crippen LogP) is 2.78. The SMILES string of the molecule is CCC1CCC2OCCNC2(c2ccccc2)C1.O=CO. The first-order valence-electron chi connectivity index (χ1n) is 7.76. The number of fused-ring (bicyclic) bond motifs is 1. The zero-order valence-corrected chi connectivity index (χ0v) is 12.6. The zero-order valence-electron chi connectivity index (χ0n) is 12.6. The number of rotatable bonds is 2. The van der Waals surface area contributed by atoms with Gasteiger partial charge in [-0.25, -0.2) is 0 Å². The van der Waals surface area contributed by atoms with Crippen LogP contribution in [0, 0.1) is 5.92 Å². The van der Waals surface area contributed by atoms with Gasteiger partial charge in [0.25, 0.3) is 6.47 Å². The minimum Gasteiger partial charge on any atom is -0.483 e. The van der Waals surface area contributed by atoms with Crippen LogP contribution in [0.2, 0.25) is 0 Å². The fourth-order valence-corrected chi connectivity index (χ4v) is 3.70. The fourth-order valence-electron chi connectivity index (χ4n) is 3.70. The monoisotopic (exact) mass is 291 g/mol. The van der Waals surface area contributed by atoms with Crippen LogP contribution in [0.15, 0.2) is 30.3 Å². The predicted molar refractivity (Wildman–Crippen MR) is 82.2 cm³/mol. The molecule has 3 atom stereocenters. The van der Waals surface area contributed by atoms with E-state index in [1.807, 2.05) is 0 Å². The van der Waals surface area contributed by atoms with Gasteiger partial charge >= 0.3 is 0 Å². The van der Waals surface area contributed by atoms with E-state index in [9.17, 15) is 0 Å².